The van der Waals surface area contributed by atoms with Gasteiger partial charge in [-0.2, -0.15) is 0 Å². The van der Waals surface area contributed by atoms with Gasteiger partial charge in [0, 0.05) is 48.9 Å². The van der Waals surface area contributed by atoms with Crippen LogP contribution in [0.2, 0.25) is 0 Å². The van der Waals surface area contributed by atoms with Crippen LogP contribution in [0.25, 0.3) is 16.5 Å². The second-order valence-corrected chi connectivity index (χ2v) is 10.1. The Morgan fingerprint density at radius 1 is 1.39 bits per heavy atom. The SMILES string of the molecule is CN(NCCCS(C)(=O)=O)C(=O)[C@@H]1C=C2c3cccc4[nH]cc(c34)C[C@H]2[NH2+]C1. The van der Waals surface area contributed by atoms with E-state index < -0.39 is 9.84 Å². The third-order valence-electron chi connectivity index (χ3n) is 5.68. The van der Waals surface area contributed by atoms with Gasteiger partial charge in [-0.25, -0.2) is 13.8 Å². The monoisotopic (exact) mass is 403 g/mol. The van der Waals surface area contributed by atoms with E-state index in [2.05, 4.69) is 46.2 Å². The van der Waals surface area contributed by atoms with Crippen molar-refractivity contribution in [2.45, 2.75) is 18.9 Å². The molecule has 2 aliphatic rings. The summed E-state index contributed by atoms with van der Waals surface area (Å²) in [5, 5.41) is 5.05. The van der Waals surface area contributed by atoms with Gasteiger partial charge >= 0.3 is 0 Å². The van der Waals surface area contributed by atoms with Crippen LogP contribution in [0.1, 0.15) is 17.5 Å². The molecule has 28 heavy (non-hydrogen) atoms. The molecule has 0 unspecified atom stereocenters. The maximum atomic E-state index is 12.9. The highest BCUT2D eigenvalue weighted by molar-refractivity contribution is 7.90. The van der Waals surface area contributed by atoms with E-state index in [-0.39, 0.29) is 17.6 Å². The number of nitrogens with one attached hydrogen (secondary N) is 2. The molecule has 0 saturated carbocycles. The van der Waals surface area contributed by atoms with Gasteiger partial charge in [-0.3, -0.25) is 9.80 Å². The number of quaternary nitrogens is 1. The standard InChI is InChI=1S/C20H26N4O3S/c1-24(23-7-4-8-28(2,26)27)20(25)14-9-16-15-5-3-6-17-19(15)13(11-21-17)10-18(16)22-12-14/h3,5-6,9,11,14,18,21-23H,4,7-8,10,12H2,1-2H3/p+1/t14-,18-/m1/s1. The Bertz CT molecular complexity index is 1040. The molecule has 1 aromatic carbocycles. The van der Waals surface area contributed by atoms with Crippen LogP contribution in [0, 0.1) is 5.92 Å². The lowest BCUT2D eigenvalue weighted by Gasteiger charge is -2.32. The van der Waals surface area contributed by atoms with Crippen LogP contribution in [0.3, 0.4) is 0 Å². The Morgan fingerprint density at radius 3 is 3.00 bits per heavy atom. The average Bonchev–Trinajstić information content (AvgIpc) is 3.08. The molecule has 0 radical (unpaired) electrons. The summed E-state index contributed by atoms with van der Waals surface area (Å²) in [5.41, 5.74) is 7.98. The topological polar surface area (TPSA) is 98.9 Å². The molecular weight excluding hydrogens is 376 g/mol. The smallest absolute Gasteiger partial charge is 0.249 e. The van der Waals surface area contributed by atoms with Gasteiger partial charge in [0.2, 0.25) is 5.91 Å². The van der Waals surface area contributed by atoms with Crippen LogP contribution in [-0.2, 0) is 21.1 Å². The first kappa shape index (κ1) is 19.2. The number of hydrogen-bond donors (Lipinski definition) is 3. The highest BCUT2D eigenvalue weighted by Gasteiger charge is 2.35. The minimum absolute atomic E-state index is 0.00796. The molecule has 150 valence electrons. The zero-order valence-corrected chi connectivity index (χ0v) is 17.1. The lowest BCUT2D eigenvalue weighted by Crippen LogP contribution is -2.93. The lowest BCUT2D eigenvalue weighted by molar-refractivity contribution is -0.681. The summed E-state index contributed by atoms with van der Waals surface area (Å²) in [6, 6.07) is 6.64. The van der Waals surface area contributed by atoms with Gasteiger partial charge in [-0.15, -0.1) is 0 Å². The van der Waals surface area contributed by atoms with Crippen LogP contribution in [0.4, 0.5) is 0 Å². The average molecular weight is 404 g/mol. The Kier molecular flexibility index (Phi) is 5.03. The van der Waals surface area contributed by atoms with E-state index in [1.807, 2.05) is 0 Å². The van der Waals surface area contributed by atoms with Crippen LogP contribution >= 0.6 is 0 Å². The maximum Gasteiger partial charge on any atom is 0.249 e. The summed E-state index contributed by atoms with van der Waals surface area (Å²) < 4.78 is 22.4. The number of nitrogens with zero attached hydrogens (tertiary/aromatic N) is 1. The molecule has 1 aliphatic carbocycles. The van der Waals surface area contributed by atoms with Crippen LogP contribution in [-0.4, -0.2) is 62.5 Å². The molecule has 1 aliphatic heterocycles. The van der Waals surface area contributed by atoms with Crippen LogP contribution < -0.4 is 10.7 Å². The van der Waals surface area contributed by atoms with E-state index in [1.165, 1.54) is 33.4 Å². The first-order valence-corrected chi connectivity index (χ1v) is 11.7. The fraction of sp³-hybridized carbons (Fsp3) is 0.450. The molecule has 8 heteroatoms. The summed E-state index contributed by atoms with van der Waals surface area (Å²) in [6.45, 7) is 1.18. The number of carbonyl (C=O) groups excluding carboxylic acids is 1. The largest absolute Gasteiger partial charge is 0.361 e. The number of amides is 1. The Morgan fingerprint density at radius 2 is 2.21 bits per heavy atom. The molecule has 4 N–H and O–H groups in total. The first-order chi connectivity index (χ1) is 13.3. The van der Waals surface area contributed by atoms with E-state index >= 15 is 0 Å². The Hall–Kier alpha value is -2.16. The van der Waals surface area contributed by atoms with E-state index in [4.69, 9.17) is 0 Å². The molecule has 0 bridgehead atoms. The summed E-state index contributed by atoms with van der Waals surface area (Å²) in [4.78, 5) is 16.2. The molecule has 4 rings (SSSR count). The van der Waals surface area contributed by atoms with Gasteiger partial charge in [-0.1, -0.05) is 18.2 Å². The zero-order valence-electron chi connectivity index (χ0n) is 16.2. The number of nitrogens with two attached hydrogens (primary N) is 1. The number of aromatic nitrogens is 1. The third-order valence-corrected chi connectivity index (χ3v) is 6.71. The summed E-state index contributed by atoms with van der Waals surface area (Å²) >= 11 is 0. The van der Waals surface area contributed by atoms with Gasteiger partial charge in [0.05, 0.1) is 12.3 Å². The van der Waals surface area contributed by atoms with Crippen molar-refractivity contribution >= 4 is 32.2 Å². The van der Waals surface area contributed by atoms with Crippen molar-refractivity contribution in [1.29, 1.82) is 0 Å². The quantitative estimate of drug-likeness (QED) is 0.469. The van der Waals surface area contributed by atoms with Gasteiger partial charge in [0.15, 0.2) is 0 Å². The van der Waals surface area contributed by atoms with Crippen molar-refractivity contribution in [2.75, 3.05) is 32.1 Å². The van der Waals surface area contributed by atoms with E-state index in [0.29, 0.717) is 19.0 Å². The van der Waals surface area contributed by atoms with Crippen LogP contribution in [0.5, 0.6) is 0 Å². The Balaban J connectivity index is 1.48. The van der Waals surface area contributed by atoms with E-state index in [1.54, 1.807) is 7.05 Å². The number of H-pyrrole nitrogens is 1. The van der Waals surface area contributed by atoms with Gasteiger partial charge < -0.3 is 10.3 Å². The minimum Gasteiger partial charge on any atom is -0.361 e. The number of rotatable bonds is 6. The zero-order chi connectivity index (χ0) is 19.9. The summed E-state index contributed by atoms with van der Waals surface area (Å²) in [5.74, 6) is -0.0726. The number of aromatic amines is 1. The summed E-state index contributed by atoms with van der Waals surface area (Å²) in [6.07, 6.45) is 6.91. The summed E-state index contributed by atoms with van der Waals surface area (Å²) in [7, 11) is -1.27. The predicted molar refractivity (Wildman–Crippen MR) is 109 cm³/mol. The van der Waals surface area contributed by atoms with Crippen molar-refractivity contribution in [1.82, 2.24) is 15.4 Å². The molecule has 2 heterocycles. The Labute approximate surface area is 165 Å². The molecule has 7 nitrogen and oxygen atoms in total. The van der Waals surface area contributed by atoms with Gasteiger partial charge in [0.1, 0.15) is 21.8 Å². The molecule has 2 atom stereocenters. The number of benzene rings is 1. The second-order valence-electron chi connectivity index (χ2n) is 7.84. The molecule has 1 amide bonds. The van der Waals surface area contributed by atoms with E-state index in [9.17, 15) is 13.2 Å². The first-order valence-electron chi connectivity index (χ1n) is 9.66. The molecule has 0 fully saturated rings. The number of hydrogen-bond acceptors (Lipinski definition) is 4. The van der Waals surface area contributed by atoms with Crippen molar-refractivity contribution in [3.63, 3.8) is 0 Å². The number of carbonyl (C=O) groups is 1. The second kappa shape index (κ2) is 7.35. The van der Waals surface area contributed by atoms with Gasteiger partial charge in [-0.05, 0) is 23.6 Å². The molecular formula is C20H27N4O3S+. The fourth-order valence-corrected chi connectivity index (χ4v) is 4.97. The van der Waals surface area contributed by atoms with Gasteiger partial charge in [0.25, 0.3) is 0 Å². The molecule has 0 spiro atoms. The minimum atomic E-state index is -2.98. The number of sulfone groups is 1. The maximum absolute atomic E-state index is 12.9. The number of fused-ring (bicyclic) bond motifs is 2. The normalized spacial score (nSPS) is 21.3. The highest BCUT2D eigenvalue weighted by atomic mass is 32.2. The highest BCUT2D eigenvalue weighted by Crippen LogP contribution is 2.36. The predicted octanol–water partition coefficient (Wildman–Crippen LogP) is 0.0669. The molecule has 0 saturated heterocycles. The lowest BCUT2D eigenvalue weighted by atomic mass is 9.80. The number of hydrazine groups is 1. The molecule has 2 aromatic rings. The van der Waals surface area contributed by atoms with Crippen molar-refractivity contribution in [3.8, 4) is 0 Å². The fourth-order valence-electron chi connectivity index (χ4n) is 4.30. The van der Waals surface area contributed by atoms with E-state index in [0.717, 1.165) is 18.5 Å². The van der Waals surface area contributed by atoms with Crippen LogP contribution in [0.15, 0.2) is 30.5 Å². The van der Waals surface area contributed by atoms with Crippen molar-refractivity contribution in [2.24, 2.45) is 5.92 Å². The molecule has 1 aromatic heterocycles. The van der Waals surface area contributed by atoms with Crippen molar-refractivity contribution in [3.05, 3.63) is 41.6 Å². The third kappa shape index (κ3) is 3.72. The van der Waals surface area contributed by atoms with Crippen molar-refractivity contribution < 1.29 is 18.5 Å².